The highest BCUT2D eigenvalue weighted by molar-refractivity contribution is 5.68. The van der Waals surface area contributed by atoms with E-state index in [0.29, 0.717) is 24.5 Å². The van der Waals surface area contributed by atoms with Crippen molar-refractivity contribution in [2.24, 2.45) is 0 Å². The Hall–Kier alpha value is -2.16. The van der Waals surface area contributed by atoms with Crippen molar-refractivity contribution in [1.82, 2.24) is 9.97 Å². The fourth-order valence-electron chi connectivity index (χ4n) is 1.43. The zero-order chi connectivity index (χ0) is 13.2. The minimum Gasteiger partial charge on any atom is -0.469 e. The SMILES string of the molecule is COC(=O)CCCCCNc1nccnc1C#N. The fraction of sp³-hybridized carbons (Fsp3) is 0.500. The molecule has 0 aliphatic rings. The van der Waals surface area contributed by atoms with Crippen LogP contribution in [-0.4, -0.2) is 29.6 Å². The predicted molar refractivity (Wildman–Crippen MR) is 65.7 cm³/mol. The van der Waals surface area contributed by atoms with Crippen molar-refractivity contribution in [3.8, 4) is 6.07 Å². The van der Waals surface area contributed by atoms with E-state index < -0.39 is 0 Å². The summed E-state index contributed by atoms with van der Waals surface area (Å²) in [5, 5.41) is 11.9. The monoisotopic (exact) mass is 248 g/mol. The van der Waals surface area contributed by atoms with Crippen molar-refractivity contribution in [2.75, 3.05) is 19.0 Å². The maximum atomic E-state index is 10.9. The van der Waals surface area contributed by atoms with Crippen LogP contribution >= 0.6 is 0 Å². The molecule has 0 saturated heterocycles. The van der Waals surface area contributed by atoms with E-state index in [-0.39, 0.29) is 5.97 Å². The molecule has 0 fully saturated rings. The predicted octanol–water partition coefficient (Wildman–Crippen LogP) is 1.49. The first-order valence-electron chi connectivity index (χ1n) is 5.79. The molecule has 6 heteroatoms. The van der Waals surface area contributed by atoms with Crippen LogP contribution in [0.1, 0.15) is 31.4 Å². The van der Waals surface area contributed by atoms with Crippen molar-refractivity contribution < 1.29 is 9.53 Å². The zero-order valence-corrected chi connectivity index (χ0v) is 10.3. The van der Waals surface area contributed by atoms with E-state index in [4.69, 9.17) is 5.26 Å². The summed E-state index contributed by atoms with van der Waals surface area (Å²) >= 11 is 0. The number of carbonyl (C=O) groups is 1. The number of hydrogen-bond acceptors (Lipinski definition) is 6. The molecule has 0 aliphatic heterocycles. The average molecular weight is 248 g/mol. The van der Waals surface area contributed by atoms with Crippen molar-refractivity contribution in [2.45, 2.75) is 25.7 Å². The largest absolute Gasteiger partial charge is 0.469 e. The number of hydrogen-bond donors (Lipinski definition) is 1. The van der Waals surface area contributed by atoms with Gasteiger partial charge in [-0.15, -0.1) is 0 Å². The number of esters is 1. The normalized spacial score (nSPS) is 9.56. The van der Waals surface area contributed by atoms with Gasteiger partial charge in [-0.3, -0.25) is 4.79 Å². The third-order valence-electron chi connectivity index (χ3n) is 2.38. The Morgan fingerprint density at radius 2 is 2.17 bits per heavy atom. The molecule has 0 aromatic carbocycles. The minimum absolute atomic E-state index is 0.177. The highest BCUT2D eigenvalue weighted by Gasteiger charge is 2.03. The van der Waals surface area contributed by atoms with Crippen LogP contribution in [0.3, 0.4) is 0 Å². The zero-order valence-electron chi connectivity index (χ0n) is 10.3. The van der Waals surface area contributed by atoms with Crippen LogP contribution in [0.25, 0.3) is 0 Å². The van der Waals surface area contributed by atoms with Crippen LogP contribution in [0, 0.1) is 11.3 Å². The molecule has 1 aromatic rings. The van der Waals surface area contributed by atoms with E-state index in [1.807, 2.05) is 6.07 Å². The topological polar surface area (TPSA) is 87.9 Å². The van der Waals surface area contributed by atoms with Crippen molar-refractivity contribution in [3.63, 3.8) is 0 Å². The number of nitriles is 1. The van der Waals surface area contributed by atoms with Gasteiger partial charge in [0.25, 0.3) is 0 Å². The molecule has 0 atom stereocenters. The van der Waals surface area contributed by atoms with Gasteiger partial charge in [0.05, 0.1) is 7.11 Å². The van der Waals surface area contributed by atoms with Crippen LogP contribution in [0.2, 0.25) is 0 Å². The highest BCUT2D eigenvalue weighted by Crippen LogP contribution is 2.07. The van der Waals surface area contributed by atoms with Crippen LogP contribution in [-0.2, 0) is 9.53 Å². The summed E-state index contributed by atoms with van der Waals surface area (Å²) in [4.78, 5) is 18.8. The summed E-state index contributed by atoms with van der Waals surface area (Å²) in [7, 11) is 1.39. The third-order valence-corrected chi connectivity index (χ3v) is 2.38. The number of methoxy groups -OCH3 is 1. The lowest BCUT2D eigenvalue weighted by Crippen LogP contribution is -2.06. The fourth-order valence-corrected chi connectivity index (χ4v) is 1.43. The standard InChI is InChI=1S/C12H16N4O2/c1-18-11(17)5-3-2-4-6-15-12-10(9-13)14-7-8-16-12/h7-8H,2-6H2,1H3,(H,15,16). The van der Waals surface area contributed by atoms with Gasteiger partial charge in [0.15, 0.2) is 11.5 Å². The molecule has 6 nitrogen and oxygen atoms in total. The number of rotatable bonds is 7. The Bertz CT molecular complexity index is 428. The number of anilines is 1. The number of nitrogens with zero attached hydrogens (tertiary/aromatic N) is 3. The molecule has 1 heterocycles. The Morgan fingerprint density at radius 1 is 1.39 bits per heavy atom. The number of carbonyl (C=O) groups excluding carboxylic acids is 1. The van der Waals surface area contributed by atoms with Crippen LogP contribution in [0.5, 0.6) is 0 Å². The lowest BCUT2D eigenvalue weighted by atomic mass is 10.2. The molecule has 0 aliphatic carbocycles. The van der Waals surface area contributed by atoms with E-state index in [2.05, 4.69) is 20.0 Å². The highest BCUT2D eigenvalue weighted by atomic mass is 16.5. The Balaban J connectivity index is 2.18. The van der Waals surface area contributed by atoms with Gasteiger partial charge in [0.2, 0.25) is 0 Å². The summed E-state index contributed by atoms with van der Waals surface area (Å²) in [6, 6.07) is 1.97. The lowest BCUT2D eigenvalue weighted by molar-refractivity contribution is -0.140. The van der Waals surface area contributed by atoms with Crippen LogP contribution in [0.15, 0.2) is 12.4 Å². The molecule has 1 rings (SSSR count). The first-order chi connectivity index (χ1) is 8.77. The molecule has 0 unspecified atom stereocenters. The van der Waals surface area contributed by atoms with Gasteiger partial charge < -0.3 is 10.1 Å². The maximum absolute atomic E-state index is 10.9. The van der Waals surface area contributed by atoms with Gasteiger partial charge in [0.1, 0.15) is 6.07 Å². The van der Waals surface area contributed by atoms with Crippen molar-refractivity contribution in [3.05, 3.63) is 18.1 Å². The van der Waals surface area contributed by atoms with Gasteiger partial charge in [-0.05, 0) is 12.8 Å². The molecule has 1 N–H and O–H groups in total. The van der Waals surface area contributed by atoms with Gasteiger partial charge in [-0.2, -0.15) is 5.26 Å². The lowest BCUT2D eigenvalue weighted by Gasteiger charge is -2.05. The molecule has 0 saturated carbocycles. The molecule has 96 valence electrons. The maximum Gasteiger partial charge on any atom is 0.305 e. The second-order valence-electron chi connectivity index (χ2n) is 3.68. The molecule has 18 heavy (non-hydrogen) atoms. The second kappa shape index (κ2) is 8.01. The van der Waals surface area contributed by atoms with Gasteiger partial charge in [0, 0.05) is 25.4 Å². The third kappa shape index (κ3) is 4.78. The average Bonchev–Trinajstić information content (AvgIpc) is 2.42. The first kappa shape index (κ1) is 13.9. The van der Waals surface area contributed by atoms with E-state index in [9.17, 15) is 4.79 Å². The van der Waals surface area contributed by atoms with E-state index >= 15 is 0 Å². The van der Waals surface area contributed by atoms with Crippen LogP contribution < -0.4 is 5.32 Å². The van der Waals surface area contributed by atoms with Crippen LogP contribution in [0.4, 0.5) is 5.82 Å². The minimum atomic E-state index is -0.177. The number of unbranched alkanes of at least 4 members (excludes halogenated alkanes) is 2. The number of aromatic nitrogens is 2. The molecule has 0 radical (unpaired) electrons. The summed E-state index contributed by atoms with van der Waals surface area (Å²) in [6.07, 6.45) is 6.11. The Labute approximate surface area is 106 Å². The molecule has 0 amide bonds. The Kier molecular flexibility index (Phi) is 6.19. The molecule has 1 aromatic heterocycles. The summed E-state index contributed by atoms with van der Waals surface area (Å²) in [6.45, 7) is 0.703. The molecular formula is C12H16N4O2. The van der Waals surface area contributed by atoms with Gasteiger partial charge in [-0.25, -0.2) is 9.97 Å². The van der Waals surface area contributed by atoms with Crippen molar-refractivity contribution in [1.29, 1.82) is 5.26 Å². The smallest absolute Gasteiger partial charge is 0.305 e. The summed E-state index contributed by atoms with van der Waals surface area (Å²) < 4.78 is 4.55. The van der Waals surface area contributed by atoms with Crippen molar-refractivity contribution >= 4 is 11.8 Å². The van der Waals surface area contributed by atoms with Gasteiger partial charge >= 0.3 is 5.97 Å². The van der Waals surface area contributed by atoms with Gasteiger partial charge in [-0.1, -0.05) is 6.42 Å². The number of nitrogens with one attached hydrogen (secondary N) is 1. The second-order valence-corrected chi connectivity index (χ2v) is 3.68. The summed E-state index contributed by atoms with van der Waals surface area (Å²) in [5.41, 5.74) is 0.298. The molecule has 0 spiro atoms. The Morgan fingerprint density at radius 3 is 2.89 bits per heavy atom. The number of ether oxygens (including phenoxy) is 1. The summed E-state index contributed by atoms with van der Waals surface area (Å²) in [5.74, 6) is 0.330. The first-order valence-corrected chi connectivity index (χ1v) is 5.79. The van der Waals surface area contributed by atoms with E-state index in [0.717, 1.165) is 19.3 Å². The molecular weight excluding hydrogens is 232 g/mol. The quantitative estimate of drug-likeness (QED) is 0.581. The molecule has 0 bridgehead atoms. The van der Waals surface area contributed by atoms with E-state index in [1.165, 1.54) is 13.3 Å². The van der Waals surface area contributed by atoms with E-state index in [1.54, 1.807) is 6.20 Å².